The Morgan fingerprint density at radius 2 is 1.48 bits per heavy atom. The van der Waals surface area contributed by atoms with Crippen molar-refractivity contribution in [2.45, 2.75) is 26.4 Å². The molecule has 0 saturated carbocycles. The Hall–Kier alpha value is -2.71. The molecule has 0 radical (unpaired) electrons. The molecule has 3 N–H and O–H groups in total. The minimum absolute atomic E-state index is 0.345. The summed E-state index contributed by atoms with van der Waals surface area (Å²) < 4.78 is 15.7. The first-order valence-electron chi connectivity index (χ1n) is 8.71. The van der Waals surface area contributed by atoms with Gasteiger partial charge in [-0.2, -0.15) is 0 Å². The molecule has 0 unspecified atom stereocenters. The molecule has 9 heteroatoms. The number of rotatable bonds is 5. The van der Waals surface area contributed by atoms with Crippen LogP contribution in [0.2, 0.25) is 5.02 Å². The number of nitrogens with one attached hydrogen (secondary N) is 3. The van der Waals surface area contributed by atoms with Crippen molar-refractivity contribution in [3.05, 3.63) is 41.4 Å². The van der Waals surface area contributed by atoms with E-state index in [1.165, 1.54) is 7.11 Å². The average molecular weight is 438 g/mol. The van der Waals surface area contributed by atoms with Crippen LogP contribution >= 0.6 is 23.8 Å². The summed E-state index contributed by atoms with van der Waals surface area (Å²) in [5, 5.41) is 9.54. The third kappa shape index (κ3) is 6.99. The topological polar surface area (TPSA) is 80.9 Å². The van der Waals surface area contributed by atoms with E-state index in [0.29, 0.717) is 33.0 Å². The number of methoxy groups -OCH3 is 2. The lowest BCUT2D eigenvalue weighted by atomic mass is 10.2. The van der Waals surface area contributed by atoms with E-state index in [1.807, 2.05) is 0 Å². The number of carbonyl (C=O) groups is 1. The van der Waals surface area contributed by atoms with Crippen molar-refractivity contribution in [3.63, 3.8) is 0 Å². The Kier molecular flexibility index (Phi) is 7.53. The van der Waals surface area contributed by atoms with Gasteiger partial charge in [0.05, 0.1) is 24.9 Å². The molecule has 29 heavy (non-hydrogen) atoms. The van der Waals surface area contributed by atoms with Gasteiger partial charge in [0.15, 0.2) is 5.11 Å². The van der Waals surface area contributed by atoms with Gasteiger partial charge in [-0.1, -0.05) is 11.6 Å². The predicted molar refractivity (Wildman–Crippen MR) is 121 cm³/mol. The lowest BCUT2D eigenvalue weighted by Gasteiger charge is -2.19. The van der Waals surface area contributed by atoms with Crippen molar-refractivity contribution in [2.75, 3.05) is 30.2 Å². The molecule has 0 bridgehead atoms. The normalized spacial score (nSPS) is 10.7. The Balaban J connectivity index is 1.99. The number of hydrogen-bond donors (Lipinski definition) is 3. The molecule has 0 atom stereocenters. The van der Waals surface area contributed by atoms with Gasteiger partial charge < -0.3 is 24.8 Å². The maximum Gasteiger partial charge on any atom is 0.412 e. The molecule has 2 rings (SSSR count). The monoisotopic (exact) mass is 437 g/mol. The van der Waals surface area contributed by atoms with Crippen LogP contribution in [-0.4, -0.2) is 31.0 Å². The second-order valence-electron chi connectivity index (χ2n) is 6.97. The Morgan fingerprint density at radius 1 is 0.931 bits per heavy atom. The number of thiocarbonyl (C=S) groups is 1. The zero-order chi connectivity index (χ0) is 21.6. The van der Waals surface area contributed by atoms with Gasteiger partial charge in [0, 0.05) is 17.4 Å². The van der Waals surface area contributed by atoms with Gasteiger partial charge in [-0.05, 0) is 63.3 Å². The molecule has 156 valence electrons. The summed E-state index contributed by atoms with van der Waals surface area (Å²) in [6, 6.07) is 10.4. The van der Waals surface area contributed by atoms with E-state index >= 15 is 0 Å². The van der Waals surface area contributed by atoms with Gasteiger partial charge >= 0.3 is 6.09 Å². The number of hydrogen-bond acceptors (Lipinski definition) is 5. The zero-order valence-electron chi connectivity index (χ0n) is 16.9. The van der Waals surface area contributed by atoms with Crippen molar-refractivity contribution in [1.29, 1.82) is 0 Å². The number of amides is 1. The second kappa shape index (κ2) is 9.67. The standard InChI is InChI=1S/C20H24ClN3O4S/c1-20(2,3)28-19(25)23-13-8-6-12(7-9-13)22-18(29)24-15-10-14(21)16(26-4)11-17(15)27-5/h6-11H,1-5H3,(H,23,25)(H2,22,24,29). The first-order valence-corrected chi connectivity index (χ1v) is 9.49. The largest absolute Gasteiger partial charge is 0.495 e. The summed E-state index contributed by atoms with van der Waals surface area (Å²) in [5.74, 6) is 1.04. The fourth-order valence-electron chi connectivity index (χ4n) is 2.30. The SMILES string of the molecule is COc1cc(OC)c(NC(=S)Nc2ccc(NC(=O)OC(C)(C)C)cc2)cc1Cl. The molecule has 0 aliphatic carbocycles. The molecule has 0 aliphatic rings. The lowest BCUT2D eigenvalue weighted by molar-refractivity contribution is 0.0636. The Morgan fingerprint density at radius 3 is 2.00 bits per heavy atom. The highest BCUT2D eigenvalue weighted by atomic mass is 35.5. The molecule has 7 nitrogen and oxygen atoms in total. The van der Waals surface area contributed by atoms with Crippen LogP contribution < -0.4 is 25.4 Å². The van der Waals surface area contributed by atoms with E-state index < -0.39 is 11.7 Å². The van der Waals surface area contributed by atoms with E-state index in [1.54, 1.807) is 64.3 Å². The van der Waals surface area contributed by atoms with Crippen molar-refractivity contribution >= 4 is 52.1 Å². The van der Waals surface area contributed by atoms with E-state index in [4.69, 9.17) is 38.0 Å². The molecule has 0 fully saturated rings. The molecule has 1 amide bonds. The van der Waals surface area contributed by atoms with E-state index in [-0.39, 0.29) is 0 Å². The first kappa shape index (κ1) is 22.6. The number of anilines is 3. The first-order chi connectivity index (χ1) is 13.6. The highest BCUT2D eigenvalue weighted by Gasteiger charge is 2.16. The molecule has 0 heterocycles. The third-order valence-corrected chi connectivity index (χ3v) is 4.01. The van der Waals surface area contributed by atoms with Crippen molar-refractivity contribution < 1.29 is 19.0 Å². The fraction of sp³-hybridized carbons (Fsp3) is 0.300. The number of halogens is 1. The van der Waals surface area contributed by atoms with E-state index in [9.17, 15) is 4.79 Å². The summed E-state index contributed by atoms with van der Waals surface area (Å²) in [6.07, 6.45) is -0.515. The highest BCUT2D eigenvalue weighted by molar-refractivity contribution is 7.80. The quantitative estimate of drug-likeness (QED) is 0.532. The van der Waals surface area contributed by atoms with Crippen LogP contribution in [0, 0.1) is 0 Å². The van der Waals surface area contributed by atoms with Gasteiger partial charge in [-0.3, -0.25) is 5.32 Å². The van der Waals surface area contributed by atoms with Gasteiger partial charge in [0.25, 0.3) is 0 Å². The van der Waals surface area contributed by atoms with Crippen LogP contribution in [0.1, 0.15) is 20.8 Å². The fourth-order valence-corrected chi connectivity index (χ4v) is 2.77. The lowest BCUT2D eigenvalue weighted by Crippen LogP contribution is -2.27. The van der Waals surface area contributed by atoms with Gasteiger partial charge in [0.2, 0.25) is 0 Å². The molecule has 0 aromatic heterocycles. The number of benzene rings is 2. The summed E-state index contributed by atoms with van der Waals surface area (Å²) in [4.78, 5) is 11.8. The predicted octanol–water partition coefficient (Wildman–Crippen LogP) is 5.51. The number of carbonyl (C=O) groups excluding carboxylic acids is 1. The van der Waals surface area contributed by atoms with Crippen LogP contribution in [0.4, 0.5) is 21.9 Å². The Labute approximate surface area is 180 Å². The summed E-state index contributed by atoms with van der Waals surface area (Å²) >= 11 is 11.5. The van der Waals surface area contributed by atoms with Crippen LogP contribution in [-0.2, 0) is 4.74 Å². The molecule has 0 aliphatic heterocycles. The Bertz CT molecular complexity index is 883. The van der Waals surface area contributed by atoms with Crippen LogP contribution in [0.3, 0.4) is 0 Å². The van der Waals surface area contributed by atoms with E-state index in [2.05, 4.69) is 16.0 Å². The smallest absolute Gasteiger partial charge is 0.412 e. The maximum atomic E-state index is 11.8. The highest BCUT2D eigenvalue weighted by Crippen LogP contribution is 2.36. The minimum atomic E-state index is -0.561. The zero-order valence-corrected chi connectivity index (χ0v) is 18.5. The maximum absolute atomic E-state index is 11.8. The molecule has 0 saturated heterocycles. The summed E-state index contributed by atoms with van der Waals surface area (Å²) in [6.45, 7) is 5.41. The van der Waals surface area contributed by atoms with Gasteiger partial charge in [0.1, 0.15) is 17.1 Å². The van der Waals surface area contributed by atoms with Crippen molar-refractivity contribution in [2.24, 2.45) is 0 Å². The molecular weight excluding hydrogens is 414 g/mol. The molecule has 0 spiro atoms. The second-order valence-corrected chi connectivity index (χ2v) is 7.79. The van der Waals surface area contributed by atoms with Crippen LogP contribution in [0.25, 0.3) is 0 Å². The summed E-state index contributed by atoms with van der Waals surface area (Å²) in [7, 11) is 3.07. The number of ether oxygens (including phenoxy) is 3. The molecule has 2 aromatic rings. The van der Waals surface area contributed by atoms with Crippen LogP contribution in [0.5, 0.6) is 11.5 Å². The summed E-state index contributed by atoms with van der Waals surface area (Å²) in [5.41, 5.74) is 1.37. The average Bonchev–Trinajstić information content (AvgIpc) is 2.62. The van der Waals surface area contributed by atoms with Crippen LogP contribution in [0.15, 0.2) is 36.4 Å². The minimum Gasteiger partial charge on any atom is -0.495 e. The van der Waals surface area contributed by atoms with Crippen molar-refractivity contribution in [1.82, 2.24) is 0 Å². The van der Waals surface area contributed by atoms with E-state index in [0.717, 1.165) is 5.69 Å². The van der Waals surface area contributed by atoms with Gasteiger partial charge in [-0.25, -0.2) is 4.79 Å². The van der Waals surface area contributed by atoms with Crippen molar-refractivity contribution in [3.8, 4) is 11.5 Å². The molecular formula is C20H24ClN3O4S. The molecule has 2 aromatic carbocycles. The third-order valence-electron chi connectivity index (χ3n) is 3.51. The van der Waals surface area contributed by atoms with Gasteiger partial charge in [-0.15, -0.1) is 0 Å².